The summed E-state index contributed by atoms with van der Waals surface area (Å²) in [6, 6.07) is 6.06. The van der Waals surface area contributed by atoms with Crippen molar-refractivity contribution in [2.75, 3.05) is 24.3 Å². The molecule has 1 aromatic heterocycles. The summed E-state index contributed by atoms with van der Waals surface area (Å²) in [5, 5.41) is 2.76. The number of halogens is 2. The molecule has 0 bridgehead atoms. The van der Waals surface area contributed by atoms with Crippen molar-refractivity contribution in [1.82, 2.24) is 9.97 Å². The first-order valence-corrected chi connectivity index (χ1v) is 5.76. The fraction of sp³-hybridized carbons (Fsp3) is 0.231. The van der Waals surface area contributed by atoms with Crippen molar-refractivity contribution < 1.29 is 8.78 Å². The summed E-state index contributed by atoms with van der Waals surface area (Å²) in [4.78, 5) is 9.49. The topological polar surface area (TPSA) is 41.1 Å². The lowest BCUT2D eigenvalue weighted by atomic mass is 10.2. The van der Waals surface area contributed by atoms with Crippen molar-refractivity contribution in [3.63, 3.8) is 0 Å². The summed E-state index contributed by atoms with van der Waals surface area (Å²) >= 11 is 0. The fourth-order valence-corrected chi connectivity index (χ4v) is 1.68. The number of benzene rings is 1. The minimum Gasteiger partial charge on any atom is -0.357 e. The highest BCUT2D eigenvalue weighted by Gasteiger charge is 2.11. The number of aromatic nitrogens is 2. The van der Waals surface area contributed by atoms with Gasteiger partial charge in [0, 0.05) is 20.6 Å². The molecule has 0 amide bonds. The first-order valence-electron chi connectivity index (χ1n) is 5.76. The van der Waals surface area contributed by atoms with Crippen LogP contribution in [0.2, 0.25) is 0 Å². The van der Waals surface area contributed by atoms with E-state index in [2.05, 4.69) is 15.3 Å². The van der Waals surface area contributed by atoms with Crippen LogP contribution in [0.1, 0.15) is 5.56 Å². The van der Waals surface area contributed by atoms with Crippen LogP contribution in [0.4, 0.5) is 20.5 Å². The SMILES string of the molecule is CNc1ncc(F)c(N(C)Cc2ccc(F)cc2)n1. The number of nitrogens with one attached hydrogen (secondary N) is 1. The molecule has 0 aliphatic heterocycles. The molecule has 0 atom stereocenters. The monoisotopic (exact) mass is 264 g/mol. The van der Waals surface area contributed by atoms with E-state index in [-0.39, 0.29) is 11.6 Å². The van der Waals surface area contributed by atoms with E-state index in [0.29, 0.717) is 12.5 Å². The largest absolute Gasteiger partial charge is 0.357 e. The minimum absolute atomic E-state index is 0.198. The molecule has 100 valence electrons. The maximum Gasteiger partial charge on any atom is 0.224 e. The summed E-state index contributed by atoms with van der Waals surface area (Å²) < 4.78 is 26.5. The lowest BCUT2D eigenvalue weighted by Crippen LogP contribution is -2.20. The highest BCUT2D eigenvalue weighted by Crippen LogP contribution is 2.18. The summed E-state index contributed by atoms with van der Waals surface area (Å²) in [6.45, 7) is 0.428. The third-order valence-corrected chi connectivity index (χ3v) is 2.64. The van der Waals surface area contributed by atoms with Crippen LogP contribution >= 0.6 is 0 Å². The first-order chi connectivity index (χ1) is 9.10. The second kappa shape index (κ2) is 5.60. The highest BCUT2D eigenvalue weighted by atomic mass is 19.1. The smallest absolute Gasteiger partial charge is 0.224 e. The van der Waals surface area contributed by atoms with Crippen LogP contribution in [0.15, 0.2) is 30.5 Å². The van der Waals surface area contributed by atoms with Crippen LogP contribution in [0, 0.1) is 11.6 Å². The van der Waals surface area contributed by atoms with Crippen molar-refractivity contribution in [3.8, 4) is 0 Å². The van der Waals surface area contributed by atoms with Gasteiger partial charge in [0.05, 0.1) is 6.20 Å². The molecule has 1 heterocycles. The van der Waals surface area contributed by atoms with Crippen molar-refractivity contribution in [2.24, 2.45) is 0 Å². The summed E-state index contributed by atoms with van der Waals surface area (Å²) in [6.07, 6.45) is 1.12. The molecule has 0 aliphatic carbocycles. The van der Waals surface area contributed by atoms with Crippen molar-refractivity contribution in [2.45, 2.75) is 6.54 Å². The molecular weight excluding hydrogens is 250 g/mol. The number of hydrogen-bond donors (Lipinski definition) is 1. The summed E-state index contributed by atoms with van der Waals surface area (Å²) in [5.74, 6) is -0.244. The summed E-state index contributed by atoms with van der Waals surface area (Å²) in [7, 11) is 3.38. The minimum atomic E-state index is -0.497. The standard InChI is InChI=1S/C13H14F2N4/c1-16-13-17-7-11(15)12(18-13)19(2)8-9-3-5-10(14)6-4-9/h3-7H,8H2,1-2H3,(H,16,17,18). The maximum absolute atomic E-state index is 13.7. The number of anilines is 2. The number of rotatable bonds is 4. The van der Waals surface area contributed by atoms with E-state index in [9.17, 15) is 8.78 Å². The zero-order chi connectivity index (χ0) is 13.8. The van der Waals surface area contributed by atoms with Gasteiger partial charge < -0.3 is 10.2 Å². The first kappa shape index (κ1) is 13.2. The van der Waals surface area contributed by atoms with Crippen LogP contribution in [0.3, 0.4) is 0 Å². The Hall–Kier alpha value is -2.24. The number of hydrogen-bond acceptors (Lipinski definition) is 4. The molecule has 2 rings (SSSR count). The second-order valence-corrected chi connectivity index (χ2v) is 4.10. The zero-order valence-corrected chi connectivity index (χ0v) is 10.7. The van der Waals surface area contributed by atoms with E-state index >= 15 is 0 Å². The van der Waals surface area contributed by atoms with Gasteiger partial charge in [-0.05, 0) is 17.7 Å². The molecule has 19 heavy (non-hydrogen) atoms. The third kappa shape index (κ3) is 3.15. The van der Waals surface area contributed by atoms with E-state index < -0.39 is 5.82 Å². The van der Waals surface area contributed by atoms with Crippen LogP contribution in [0.5, 0.6) is 0 Å². The Labute approximate surface area is 110 Å². The van der Waals surface area contributed by atoms with Crippen LogP contribution in [-0.2, 0) is 6.54 Å². The molecule has 0 spiro atoms. The molecule has 0 fully saturated rings. The van der Waals surface area contributed by atoms with Crippen LogP contribution in [-0.4, -0.2) is 24.1 Å². The van der Waals surface area contributed by atoms with E-state index in [1.54, 1.807) is 31.1 Å². The average Bonchev–Trinajstić information content (AvgIpc) is 2.42. The molecule has 0 saturated heterocycles. The van der Waals surface area contributed by atoms with Gasteiger partial charge in [-0.25, -0.2) is 13.8 Å². The lowest BCUT2D eigenvalue weighted by molar-refractivity contribution is 0.607. The van der Waals surface area contributed by atoms with E-state index in [1.165, 1.54) is 12.1 Å². The molecule has 1 N–H and O–H groups in total. The highest BCUT2D eigenvalue weighted by molar-refractivity contribution is 5.43. The van der Waals surface area contributed by atoms with Gasteiger partial charge in [0.2, 0.25) is 5.95 Å². The van der Waals surface area contributed by atoms with Crippen molar-refractivity contribution in [1.29, 1.82) is 0 Å². The molecule has 0 radical (unpaired) electrons. The molecule has 0 unspecified atom stereocenters. The zero-order valence-electron chi connectivity index (χ0n) is 10.7. The Bertz CT molecular complexity index is 557. The molecule has 4 nitrogen and oxygen atoms in total. The average molecular weight is 264 g/mol. The Morgan fingerprint density at radius 3 is 2.53 bits per heavy atom. The van der Waals surface area contributed by atoms with Gasteiger partial charge in [-0.3, -0.25) is 0 Å². The van der Waals surface area contributed by atoms with Gasteiger partial charge >= 0.3 is 0 Å². The molecule has 0 saturated carbocycles. The van der Waals surface area contributed by atoms with Crippen LogP contribution in [0.25, 0.3) is 0 Å². The number of nitrogens with zero attached hydrogens (tertiary/aromatic N) is 3. The fourth-order valence-electron chi connectivity index (χ4n) is 1.68. The van der Waals surface area contributed by atoms with Gasteiger partial charge in [-0.1, -0.05) is 12.1 Å². The van der Waals surface area contributed by atoms with Gasteiger partial charge in [0.1, 0.15) is 5.82 Å². The second-order valence-electron chi connectivity index (χ2n) is 4.10. The van der Waals surface area contributed by atoms with Gasteiger partial charge in [0.25, 0.3) is 0 Å². The van der Waals surface area contributed by atoms with E-state index in [4.69, 9.17) is 0 Å². The maximum atomic E-state index is 13.7. The summed E-state index contributed by atoms with van der Waals surface area (Å²) in [5.41, 5.74) is 0.868. The molecular formula is C13H14F2N4. The lowest BCUT2D eigenvalue weighted by Gasteiger charge is -2.19. The Balaban J connectivity index is 2.19. The normalized spacial score (nSPS) is 10.3. The van der Waals surface area contributed by atoms with Crippen molar-refractivity contribution in [3.05, 3.63) is 47.7 Å². The Morgan fingerprint density at radius 1 is 1.21 bits per heavy atom. The molecule has 1 aromatic carbocycles. The van der Waals surface area contributed by atoms with E-state index in [0.717, 1.165) is 11.8 Å². The molecule has 2 aromatic rings. The quantitative estimate of drug-likeness (QED) is 0.920. The predicted molar refractivity (Wildman–Crippen MR) is 70.0 cm³/mol. The van der Waals surface area contributed by atoms with Crippen molar-refractivity contribution >= 4 is 11.8 Å². The predicted octanol–water partition coefficient (Wildman–Crippen LogP) is 2.43. The van der Waals surface area contributed by atoms with E-state index in [1.807, 2.05) is 0 Å². The van der Waals surface area contributed by atoms with Gasteiger partial charge in [-0.15, -0.1) is 0 Å². The third-order valence-electron chi connectivity index (χ3n) is 2.64. The van der Waals surface area contributed by atoms with Crippen LogP contribution < -0.4 is 10.2 Å². The Morgan fingerprint density at radius 2 is 1.89 bits per heavy atom. The van der Waals surface area contributed by atoms with Gasteiger partial charge in [-0.2, -0.15) is 4.98 Å². The Kier molecular flexibility index (Phi) is 3.89. The molecule has 0 aliphatic rings. The molecule has 6 heteroatoms. The van der Waals surface area contributed by atoms with Gasteiger partial charge in [0.15, 0.2) is 11.6 Å².